The molecule has 3 rings (SSSR count). The summed E-state index contributed by atoms with van der Waals surface area (Å²) in [6.45, 7) is 9.62. The van der Waals surface area contributed by atoms with E-state index in [9.17, 15) is 4.79 Å². The maximum absolute atomic E-state index is 13.4. The molecule has 0 spiro atoms. The number of hydrogen-bond acceptors (Lipinski definition) is 4. The van der Waals surface area contributed by atoms with Gasteiger partial charge in [0.2, 0.25) is 0 Å². The predicted octanol–water partition coefficient (Wildman–Crippen LogP) is 4.81. The molecule has 1 aliphatic rings. The predicted molar refractivity (Wildman–Crippen MR) is 116 cm³/mol. The highest BCUT2D eigenvalue weighted by atomic mass is 16.5. The Balaban J connectivity index is 1.98. The highest BCUT2D eigenvalue weighted by Gasteiger charge is 2.44. The van der Waals surface area contributed by atoms with Gasteiger partial charge in [-0.25, -0.2) is 0 Å². The Kier molecular flexibility index (Phi) is 6.60. The van der Waals surface area contributed by atoms with Crippen LogP contribution in [0, 0.1) is 0 Å². The van der Waals surface area contributed by atoms with Crippen LogP contribution in [0.1, 0.15) is 42.6 Å². The van der Waals surface area contributed by atoms with Crippen LogP contribution in [0.2, 0.25) is 0 Å². The first-order valence-electron chi connectivity index (χ1n) is 10.1. The second-order valence-electron chi connectivity index (χ2n) is 7.46. The topological polar surface area (TPSA) is 50.8 Å². The van der Waals surface area contributed by atoms with Crippen LogP contribution < -0.4 is 10.1 Å². The van der Waals surface area contributed by atoms with Gasteiger partial charge in [-0.05, 0) is 55.2 Å². The van der Waals surface area contributed by atoms with E-state index >= 15 is 0 Å². The number of hydrogen-bond donors (Lipinski definition) is 1. The Labute approximate surface area is 173 Å². The first kappa shape index (κ1) is 20.9. The molecule has 2 aromatic rings. The van der Waals surface area contributed by atoms with E-state index in [0.29, 0.717) is 25.3 Å². The Morgan fingerprint density at radius 1 is 1.17 bits per heavy atom. The van der Waals surface area contributed by atoms with Gasteiger partial charge in [0.25, 0.3) is 5.91 Å². The van der Waals surface area contributed by atoms with Gasteiger partial charge >= 0.3 is 0 Å². The third kappa shape index (κ3) is 4.30. The van der Waals surface area contributed by atoms with Crippen molar-refractivity contribution in [2.45, 2.75) is 32.4 Å². The molecule has 5 heteroatoms. The normalized spacial score (nSPS) is 18.2. The largest absolute Gasteiger partial charge is 0.489 e. The van der Waals surface area contributed by atoms with Crippen molar-refractivity contribution in [3.05, 3.63) is 71.8 Å². The molecule has 1 aliphatic heterocycles. The van der Waals surface area contributed by atoms with Crippen molar-refractivity contribution in [1.29, 1.82) is 0 Å². The van der Waals surface area contributed by atoms with E-state index in [1.807, 2.05) is 60.4 Å². The molecule has 5 nitrogen and oxygen atoms in total. The number of ether oxygens (including phenoxy) is 2. The molecule has 154 valence electrons. The van der Waals surface area contributed by atoms with Gasteiger partial charge < -0.3 is 19.7 Å². The fraction of sp³-hybridized carbons (Fsp3) is 0.375. The lowest BCUT2D eigenvalue weighted by molar-refractivity contribution is 0.0451. The van der Waals surface area contributed by atoms with Crippen molar-refractivity contribution in [2.75, 3.05) is 32.2 Å². The monoisotopic (exact) mass is 394 g/mol. The summed E-state index contributed by atoms with van der Waals surface area (Å²) in [6, 6.07) is 15.7. The zero-order valence-electron chi connectivity index (χ0n) is 17.5. The molecule has 0 saturated carbocycles. The zero-order valence-corrected chi connectivity index (χ0v) is 17.5. The third-order valence-electron chi connectivity index (χ3n) is 5.26. The van der Waals surface area contributed by atoms with Crippen LogP contribution in [0.15, 0.2) is 60.7 Å². The number of nitrogens with zero attached hydrogens (tertiary/aromatic N) is 1. The number of rotatable bonds is 9. The van der Waals surface area contributed by atoms with Crippen molar-refractivity contribution >= 4 is 11.6 Å². The number of fused-ring (bicyclic) bond motifs is 1. The lowest BCUT2D eigenvalue weighted by Crippen LogP contribution is -2.57. The van der Waals surface area contributed by atoms with E-state index in [4.69, 9.17) is 9.47 Å². The smallest absolute Gasteiger partial charge is 0.258 e. The van der Waals surface area contributed by atoms with Gasteiger partial charge in [-0.3, -0.25) is 4.79 Å². The van der Waals surface area contributed by atoms with Gasteiger partial charge in [0.1, 0.15) is 18.0 Å². The quantitative estimate of drug-likeness (QED) is 0.490. The molecule has 0 bridgehead atoms. The van der Waals surface area contributed by atoms with Crippen molar-refractivity contribution in [2.24, 2.45) is 0 Å². The Morgan fingerprint density at radius 3 is 2.55 bits per heavy atom. The average Bonchev–Trinajstić information content (AvgIpc) is 2.74. The zero-order chi connectivity index (χ0) is 20.9. The number of carbonyl (C=O) groups is 1. The summed E-state index contributed by atoms with van der Waals surface area (Å²) in [5.74, 6) is 0.830. The molecule has 29 heavy (non-hydrogen) atoms. The van der Waals surface area contributed by atoms with Crippen LogP contribution in [-0.4, -0.2) is 37.7 Å². The number of nitrogens with one attached hydrogen (secondary N) is 1. The highest BCUT2D eigenvalue weighted by molar-refractivity contribution is 6.02. The van der Waals surface area contributed by atoms with Crippen molar-refractivity contribution in [3.8, 4) is 5.75 Å². The fourth-order valence-corrected chi connectivity index (χ4v) is 3.79. The minimum Gasteiger partial charge on any atom is -0.489 e. The van der Waals surface area contributed by atoms with Gasteiger partial charge in [0.05, 0.1) is 5.56 Å². The Bertz CT molecular complexity index is 863. The summed E-state index contributed by atoms with van der Waals surface area (Å²) in [5, 5.41) is 3.66. The second kappa shape index (κ2) is 9.14. The van der Waals surface area contributed by atoms with E-state index in [-0.39, 0.29) is 5.91 Å². The van der Waals surface area contributed by atoms with E-state index in [0.717, 1.165) is 35.4 Å². The number of para-hydroxylation sites is 1. The van der Waals surface area contributed by atoms with Crippen LogP contribution in [-0.2, 0) is 10.4 Å². The van der Waals surface area contributed by atoms with Crippen LogP contribution >= 0.6 is 0 Å². The molecule has 1 amide bonds. The molecule has 1 unspecified atom stereocenters. The molecule has 0 aromatic heterocycles. The summed E-state index contributed by atoms with van der Waals surface area (Å²) in [6.07, 6.45) is 1.50. The van der Waals surface area contributed by atoms with E-state index < -0.39 is 5.66 Å². The highest BCUT2D eigenvalue weighted by Crippen LogP contribution is 2.40. The minimum absolute atomic E-state index is 0.0416. The first-order valence-corrected chi connectivity index (χ1v) is 10.1. The maximum Gasteiger partial charge on any atom is 0.258 e. The van der Waals surface area contributed by atoms with Gasteiger partial charge in [0.15, 0.2) is 0 Å². The van der Waals surface area contributed by atoms with Gasteiger partial charge in [-0.2, -0.15) is 0 Å². The van der Waals surface area contributed by atoms with Crippen LogP contribution in [0.3, 0.4) is 0 Å². The van der Waals surface area contributed by atoms with E-state index in [1.165, 1.54) is 0 Å². The van der Waals surface area contributed by atoms with Gasteiger partial charge in [-0.15, -0.1) is 0 Å². The standard InChI is InChI=1S/C24H30N2O3/c1-5-24(19-11-13-20(14-12-19)29-17-18(2)3)25-22-10-7-6-9-21(22)23(27)26(24)15-8-16-28-4/h6-7,9-14,25H,2,5,8,15-17H2,1,3-4H3. The first-order chi connectivity index (χ1) is 14.0. The van der Waals surface area contributed by atoms with Crippen LogP contribution in [0.5, 0.6) is 5.75 Å². The lowest BCUT2D eigenvalue weighted by atomic mass is 9.89. The molecular formula is C24H30N2O3. The summed E-state index contributed by atoms with van der Waals surface area (Å²) in [7, 11) is 1.68. The molecule has 0 aliphatic carbocycles. The molecule has 1 atom stereocenters. The SMILES string of the molecule is C=C(C)COc1ccc(C2(CC)Nc3ccccc3C(=O)N2CCCOC)cc1. The number of amides is 1. The molecule has 0 fully saturated rings. The Morgan fingerprint density at radius 2 is 1.90 bits per heavy atom. The molecule has 2 aromatic carbocycles. The van der Waals surface area contributed by atoms with E-state index in [1.54, 1.807) is 7.11 Å². The van der Waals surface area contributed by atoms with Crippen molar-refractivity contribution in [1.82, 2.24) is 4.90 Å². The van der Waals surface area contributed by atoms with Crippen molar-refractivity contribution in [3.63, 3.8) is 0 Å². The average molecular weight is 395 g/mol. The molecule has 1 heterocycles. The number of anilines is 1. The third-order valence-corrected chi connectivity index (χ3v) is 5.26. The number of methoxy groups -OCH3 is 1. The maximum atomic E-state index is 13.4. The minimum atomic E-state index is -0.619. The summed E-state index contributed by atoms with van der Waals surface area (Å²) in [5.41, 5.74) is 2.95. The Hall–Kier alpha value is -2.79. The van der Waals surface area contributed by atoms with Crippen LogP contribution in [0.25, 0.3) is 0 Å². The van der Waals surface area contributed by atoms with Gasteiger partial charge in [-0.1, -0.05) is 37.8 Å². The number of benzene rings is 2. The molecule has 0 saturated heterocycles. The second-order valence-corrected chi connectivity index (χ2v) is 7.46. The summed E-state index contributed by atoms with van der Waals surface area (Å²) >= 11 is 0. The van der Waals surface area contributed by atoms with Crippen molar-refractivity contribution < 1.29 is 14.3 Å². The number of carbonyl (C=O) groups excluding carboxylic acids is 1. The summed E-state index contributed by atoms with van der Waals surface area (Å²) in [4.78, 5) is 15.4. The molecule has 1 N–H and O–H groups in total. The van der Waals surface area contributed by atoms with Gasteiger partial charge in [0, 0.05) is 25.9 Å². The van der Waals surface area contributed by atoms with Crippen LogP contribution in [0.4, 0.5) is 5.69 Å². The molecular weight excluding hydrogens is 364 g/mol. The lowest BCUT2D eigenvalue weighted by Gasteiger charge is -2.48. The van der Waals surface area contributed by atoms with E-state index in [2.05, 4.69) is 18.8 Å². The molecule has 0 radical (unpaired) electrons. The summed E-state index contributed by atoms with van der Waals surface area (Å²) < 4.78 is 11.0. The fourth-order valence-electron chi connectivity index (χ4n) is 3.79.